The van der Waals surface area contributed by atoms with Crippen molar-refractivity contribution in [3.63, 3.8) is 0 Å². The Kier molecular flexibility index (Phi) is 3.90. The number of ether oxygens (including phenoxy) is 1. The molecule has 1 aliphatic rings. The second-order valence-corrected chi connectivity index (χ2v) is 6.06. The van der Waals surface area contributed by atoms with Gasteiger partial charge in [0.05, 0.1) is 6.54 Å². The van der Waals surface area contributed by atoms with Crippen LogP contribution in [-0.4, -0.2) is 29.0 Å². The van der Waals surface area contributed by atoms with E-state index < -0.39 is 11.7 Å². The molecule has 1 N–H and O–H groups in total. The fourth-order valence-corrected chi connectivity index (χ4v) is 2.14. The Labute approximate surface area is 122 Å². The van der Waals surface area contributed by atoms with Gasteiger partial charge in [0.2, 0.25) is 5.91 Å². The molecule has 0 saturated heterocycles. The summed E-state index contributed by atoms with van der Waals surface area (Å²) in [6, 6.07) is 5.24. The Bertz CT molecular complexity index is 552. The summed E-state index contributed by atoms with van der Waals surface area (Å²) in [7, 11) is 0. The van der Waals surface area contributed by atoms with E-state index in [0.29, 0.717) is 16.3 Å². The Morgan fingerprint density at radius 1 is 1.35 bits per heavy atom. The first-order valence-electron chi connectivity index (χ1n) is 6.31. The number of nitrogens with zero attached hydrogens (tertiary/aromatic N) is 1. The Morgan fingerprint density at radius 3 is 2.70 bits per heavy atom. The lowest BCUT2D eigenvalue weighted by Crippen LogP contribution is -2.39. The van der Waals surface area contributed by atoms with Gasteiger partial charge in [-0.15, -0.1) is 0 Å². The lowest BCUT2D eigenvalue weighted by atomic mass is 10.1. The number of amides is 2. The van der Waals surface area contributed by atoms with Gasteiger partial charge < -0.3 is 10.1 Å². The molecule has 0 unspecified atom stereocenters. The third-order valence-electron chi connectivity index (χ3n) is 2.73. The lowest BCUT2D eigenvalue weighted by Gasteiger charge is -2.26. The average molecular weight is 297 g/mol. The van der Waals surface area contributed by atoms with Crippen LogP contribution in [0, 0.1) is 0 Å². The van der Waals surface area contributed by atoms with Gasteiger partial charge in [-0.05, 0) is 32.9 Å². The largest absolute Gasteiger partial charge is 0.444 e. The first-order chi connectivity index (χ1) is 9.26. The third-order valence-corrected chi connectivity index (χ3v) is 3.08. The molecule has 0 atom stereocenters. The highest BCUT2D eigenvalue weighted by molar-refractivity contribution is 6.31. The maximum absolute atomic E-state index is 12.1. The lowest BCUT2D eigenvalue weighted by molar-refractivity contribution is -0.117. The van der Waals surface area contributed by atoms with E-state index in [4.69, 9.17) is 16.3 Å². The number of carbonyl (C=O) groups is 2. The van der Waals surface area contributed by atoms with Crippen molar-refractivity contribution in [3.8, 4) is 0 Å². The maximum atomic E-state index is 12.1. The van der Waals surface area contributed by atoms with Gasteiger partial charge in [-0.1, -0.05) is 17.7 Å². The second kappa shape index (κ2) is 5.32. The maximum Gasteiger partial charge on any atom is 0.411 e. The number of nitrogens with one attached hydrogen (secondary N) is 1. The van der Waals surface area contributed by atoms with Crippen LogP contribution in [0.3, 0.4) is 0 Å². The zero-order valence-electron chi connectivity index (χ0n) is 11.7. The molecular weight excluding hydrogens is 280 g/mol. The van der Waals surface area contributed by atoms with E-state index in [1.54, 1.807) is 39.0 Å². The summed E-state index contributed by atoms with van der Waals surface area (Å²) >= 11 is 6.14. The van der Waals surface area contributed by atoms with E-state index in [1.165, 1.54) is 4.90 Å². The quantitative estimate of drug-likeness (QED) is 0.800. The molecule has 0 spiro atoms. The zero-order chi connectivity index (χ0) is 14.9. The minimum Gasteiger partial charge on any atom is -0.444 e. The molecule has 0 fully saturated rings. The Hall–Kier alpha value is -1.75. The molecule has 1 aliphatic heterocycles. The van der Waals surface area contributed by atoms with Gasteiger partial charge in [-0.3, -0.25) is 9.69 Å². The number of benzene rings is 1. The molecule has 0 bridgehead atoms. The van der Waals surface area contributed by atoms with Gasteiger partial charge in [-0.25, -0.2) is 4.79 Å². The molecule has 0 saturated carbocycles. The van der Waals surface area contributed by atoms with Crippen molar-refractivity contribution < 1.29 is 14.3 Å². The number of fused-ring (bicyclic) bond motifs is 1. The molecule has 0 radical (unpaired) electrons. The third kappa shape index (κ3) is 3.42. The zero-order valence-corrected chi connectivity index (χ0v) is 12.5. The highest BCUT2D eigenvalue weighted by atomic mass is 35.5. The van der Waals surface area contributed by atoms with Crippen LogP contribution < -0.4 is 5.32 Å². The Morgan fingerprint density at radius 2 is 2.05 bits per heavy atom. The van der Waals surface area contributed by atoms with Gasteiger partial charge in [0.15, 0.2) is 0 Å². The summed E-state index contributed by atoms with van der Waals surface area (Å²) in [5.41, 5.74) is 0.739. The highest BCUT2D eigenvalue weighted by Crippen LogP contribution is 2.28. The molecule has 0 aliphatic carbocycles. The van der Waals surface area contributed by atoms with Crippen LogP contribution in [0.15, 0.2) is 18.2 Å². The number of anilines is 1. The smallest absolute Gasteiger partial charge is 0.411 e. The molecular formula is C14H17ClN2O3. The van der Waals surface area contributed by atoms with E-state index in [9.17, 15) is 9.59 Å². The topological polar surface area (TPSA) is 58.6 Å². The molecule has 108 valence electrons. The molecule has 1 aromatic carbocycles. The van der Waals surface area contributed by atoms with Crippen molar-refractivity contribution in [1.29, 1.82) is 0 Å². The fourth-order valence-electron chi connectivity index (χ4n) is 1.90. The monoisotopic (exact) mass is 296 g/mol. The predicted octanol–water partition coefficient (Wildman–Crippen LogP) is 3.03. The van der Waals surface area contributed by atoms with Gasteiger partial charge in [-0.2, -0.15) is 0 Å². The fraction of sp³-hybridized carbons (Fsp3) is 0.429. The van der Waals surface area contributed by atoms with Crippen molar-refractivity contribution in [2.24, 2.45) is 0 Å². The first kappa shape index (κ1) is 14.7. The van der Waals surface area contributed by atoms with Gasteiger partial charge in [0.25, 0.3) is 0 Å². The molecule has 2 rings (SSSR count). The predicted molar refractivity (Wildman–Crippen MR) is 76.7 cm³/mol. The molecule has 20 heavy (non-hydrogen) atoms. The number of hydrogen-bond donors (Lipinski definition) is 1. The minimum atomic E-state index is -0.608. The summed E-state index contributed by atoms with van der Waals surface area (Å²) in [4.78, 5) is 25.3. The van der Waals surface area contributed by atoms with Crippen molar-refractivity contribution in [2.45, 2.75) is 32.9 Å². The number of halogens is 1. The molecule has 1 heterocycles. The Balaban J connectivity index is 2.27. The van der Waals surface area contributed by atoms with Gasteiger partial charge in [0.1, 0.15) is 12.1 Å². The van der Waals surface area contributed by atoms with Crippen LogP contribution in [0.25, 0.3) is 0 Å². The average Bonchev–Trinajstić information content (AvgIpc) is 2.46. The van der Waals surface area contributed by atoms with Crippen LogP contribution in [0.1, 0.15) is 26.3 Å². The number of hydrogen-bond acceptors (Lipinski definition) is 3. The van der Waals surface area contributed by atoms with Crippen LogP contribution in [0.2, 0.25) is 5.02 Å². The minimum absolute atomic E-state index is 0.0556. The molecule has 2 amide bonds. The molecule has 0 aromatic heterocycles. The van der Waals surface area contributed by atoms with Crippen molar-refractivity contribution in [3.05, 3.63) is 28.8 Å². The normalized spacial score (nSPS) is 15.2. The van der Waals surface area contributed by atoms with Crippen LogP contribution in [0.5, 0.6) is 0 Å². The van der Waals surface area contributed by atoms with E-state index in [2.05, 4.69) is 5.32 Å². The number of carbonyl (C=O) groups excluding carboxylic acids is 2. The SMILES string of the molecule is CC(C)(C)OC(=O)N1CC(=O)Nc2cccc(Cl)c2C1. The van der Waals surface area contributed by atoms with Crippen molar-refractivity contribution >= 4 is 29.3 Å². The summed E-state index contributed by atoms with van der Waals surface area (Å²) in [6.07, 6.45) is -0.527. The number of rotatable bonds is 0. The van der Waals surface area contributed by atoms with E-state index in [-0.39, 0.29) is 19.0 Å². The van der Waals surface area contributed by atoms with Gasteiger partial charge >= 0.3 is 6.09 Å². The molecule has 1 aromatic rings. The summed E-state index contributed by atoms with van der Waals surface area (Å²) in [6.45, 7) is 5.53. The molecule has 6 heteroatoms. The standard InChI is InChI=1S/C14H17ClN2O3/c1-14(2,3)20-13(19)17-7-9-10(15)5-4-6-11(9)16-12(18)8-17/h4-6H,7-8H2,1-3H3,(H,16,18). The van der Waals surface area contributed by atoms with Gasteiger partial charge in [0, 0.05) is 16.3 Å². The van der Waals surface area contributed by atoms with E-state index >= 15 is 0 Å². The van der Waals surface area contributed by atoms with Crippen LogP contribution in [-0.2, 0) is 16.1 Å². The summed E-state index contributed by atoms with van der Waals surface area (Å²) < 4.78 is 5.30. The van der Waals surface area contributed by atoms with Crippen LogP contribution in [0.4, 0.5) is 10.5 Å². The van der Waals surface area contributed by atoms with Crippen molar-refractivity contribution in [2.75, 3.05) is 11.9 Å². The van der Waals surface area contributed by atoms with E-state index in [0.717, 1.165) is 0 Å². The first-order valence-corrected chi connectivity index (χ1v) is 6.69. The van der Waals surface area contributed by atoms with E-state index in [1.807, 2.05) is 0 Å². The summed E-state index contributed by atoms with van der Waals surface area (Å²) in [5.74, 6) is -0.267. The van der Waals surface area contributed by atoms with Crippen LogP contribution >= 0.6 is 11.6 Å². The highest BCUT2D eigenvalue weighted by Gasteiger charge is 2.28. The van der Waals surface area contributed by atoms with Crippen molar-refractivity contribution in [1.82, 2.24) is 4.90 Å². The summed E-state index contributed by atoms with van der Waals surface area (Å²) in [5, 5.41) is 3.25. The molecule has 5 nitrogen and oxygen atoms in total. The second-order valence-electron chi connectivity index (χ2n) is 5.65.